The van der Waals surface area contributed by atoms with Crippen LogP contribution in [0.2, 0.25) is 0 Å². The molecule has 0 aromatic rings. The van der Waals surface area contributed by atoms with Crippen molar-refractivity contribution in [2.75, 3.05) is 18.8 Å². The molecule has 0 radical (unpaired) electrons. The van der Waals surface area contributed by atoms with Crippen LogP contribution in [-0.4, -0.2) is 41.1 Å². The number of hydrogen-bond acceptors (Lipinski definition) is 2. The van der Waals surface area contributed by atoms with Crippen molar-refractivity contribution in [3.8, 4) is 0 Å². The monoisotopic (exact) mass is 214 g/mol. The van der Waals surface area contributed by atoms with Crippen molar-refractivity contribution in [2.24, 2.45) is 0 Å². The van der Waals surface area contributed by atoms with E-state index in [2.05, 4.69) is 12.2 Å². The van der Waals surface area contributed by atoms with Crippen LogP contribution in [0.1, 0.15) is 26.2 Å². The SMILES string of the molecule is CCSC1CCCC1N1CCNC1=O. The lowest BCUT2D eigenvalue weighted by Gasteiger charge is -2.27. The normalized spacial score (nSPS) is 32.4. The van der Waals surface area contributed by atoms with E-state index in [0.717, 1.165) is 18.8 Å². The predicted octanol–water partition coefficient (Wildman–Crippen LogP) is 1.69. The van der Waals surface area contributed by atoms with E-state index in [4.69, 9.17) is 0 Å². The van der Waals surface area contributed by atoms with Gasteiger partial charge in [0.05, 0.1) is 0 Å². The van der Waals surface area contributed by atoms with Crippen molar-refractivity contribution >= 4 is 17.8 Å². The molecule has 2 rings (SSSR count). The summed E-state index contributed by atoms with van der Waals surface area (Å²) in [5, 5.41) is 3.57. The maximum Gasteiger partial charge on any atom is 0.317 e. The first-order valence-electron chi connectivity index (χ1n) is 5.49. The third-order valence-corrected chi connectivity index (χ3v) is 4.40. The molecule has 2 unspecified atom stereocenters. The number of hydrogen-bond donors (Lipinski definition) is 1. The largest absolute Gasteiger partial charge is 0.336 e. The molecule has 1 saturated heterocycles. The number of thioether (sulfide) groups is 1. The van der Waals surface area contributed by atoms with Gasteiger partial charge in [-0.1, -0.05) is 13.3 Å². The van der Waals surface area contributed by atoms with Gasteiger partial charge >= 0.3 is 6.03 Å². The number of carbonyl (C=O) groups is 1. The molecule has 1 aliphatic carbocycles. The van der Waals surface area contributed by atoms with E-state index < -0.39 is 0 Å². The van der Waals surface area contributed by atoms with Gasteiger partial charge in [-0.2, -0.15) is 11.8 Å². The Morgan fingerprint density at radius 2 is 2.43 bits per heavy atom. The number of nitrogens with zero attached hydrogens (tertiary/aromatic N) is 1. The van der Waals surface area contributed by atoms with Gasteiger partial charge in [-0.15, -0.1) is 0 Å². The van der Waals surface area contributed by atoms with Crippen LogP contribution in [0, 0.1) is 0 Å². The van der Waals surface area contributed by atoms with Crippen LogP contribution in [0.5, 0.6) is 0 Å². The second-order valence-corrected chi connectivity index (χ2v) is 5.43. The van der Waals surface area contributed by atoms with Crippen molar-refractivity contribution in [2.45, 2.75) is 37.5 Å². The first-order valence-corrected chi connectivity index (χ1v) is 6.54. The third kappa shape index (κ3) is 1.85. The first kappa shape index (κ1) is 10.1. The Bertz CT molecular complexity index is 222. The zero-order chi connectivity index (χ0) is 9.97. The summed E-state index contributed by atoms with van der Waals surface area (Å²) in [6, 6.07) is 0.654. The van der Waals surface area contributed by atoms with Gasteiger partial charge in [0.25, 0.3) is 0 Å². The van der Waals surface area contributed by atoms with E-state index in [1.54, 1.807) is 0 Å². The van der Waals surface area contributed by atoms with Crippen LogP contribution >= 0.6 is 11.8 Å². The van der Waals surface area contributed by atoms with E-state index >= 15 is 0 Å². The van der Waals surface area contributed by atoms with Gasteiger partial charge < -0.3 is 10.2 Å². The summed E-state index contributed by atoms with van der Waals surface area (Å²) in [7, 11) is 0. The molecule has 2 aliphatic rings. The molecule has 2 atom stereocenters. The average molecular weight is 214 g/mol. The van der Waals surface area contributed by atoms with E-state index in [0.29, 0.717) is 11.3 Å². The van der Waals surface area contributed by atoms with Crippen LogP contribution < -0.4 is 5.32 Å². The van der Waals surface area contributed by atoms with Gasteiger partial charge in [-0.25, -0.2) is 4.79 Å². The highest BCUT2D eigenvalue weighted by atomic mass is 32.2. The van der Waals surface area contributed by atoms with E-state index in [1.807, 2.05) is 16.7 Å². The van der Waals surface area contributed by atoms with Crippen LogP contribution in [-0.2, 0) is 0 Å². The van der Waals surface area contributed by atoms with Crippen LogP contribution in [0.25, 0.3) is 0 Å². The fourth-order valence-corrected chi connectivity index (χ4v) is 3.74. The van der Waals surface area contributed by atoms with Crippen molar-refractivity contribution < 1.29 is 4.79 Å². The molecule has 0 spiro atoms. The molecule has 1 N–H and O–H groups in total. The lowest BCUT2D eigenvalue weighted by Crippen LogP contribution is -2.41. The number of nitrogens with one attached hydrogen (secondary N) is 1. The van der Waals surface area contributed by atoms with Crippen molar-refractivity contribution in [3.63, 3.8) is 0 Å². The maximum atomic E-state index is 11.5. The van der Waals surface area contributed by atoms with Gasteiger partial charge in [0.15, 0.2) is 0 Å². The summed E-state index contributed by atoms with van der Waals surface area (Å²) >= 11 is 2.01. The quantitative estimate of drug-likeness (QED) is 0.775. The van der Waals surface area contributed by atoms with Crippen LogP contribution in [0.15, 0.2) is 0 Å². The number of urea groups is 1. The minimum atomic E-state index is 0.151. The molecule has 0 aromatic heterocycles. The lowest BCUT2D eigenvalue weighted by atomic mass is 10.2. The Kier molecular flexibility index (Phi) is 3.21. The fraction of sp³-hybridized carbons (Fsp3) is 0.900. The zero-order valence-corrected chi connectivity index (χ0v) is 9.48. The minimum absolute atomic E-state index is 0.151. The molecule has 1 saturated carbocycles. The Hall–Kier alpha value is -0.380. The fourth-order valence-electron chi connectivity index (χ4n) is 2.47. The molecule has 2 amide bonds. The summed E-state index contributed by atoms with van der Waals surface area (Å²) in [5.41, 5.74) is 0. The minimum Gasteiger partial charge on any atom is -0.336 e. The number of amides is 2. The van der Waals surface area contributed by atoms with Gasteiger partial charge in [0, 0.05) is 24.4 Å². The van der Waals surface area contributed by atoms with E-state index in [9.17, 15) is 4.79 Å². The highest BCUT2D eigenvalue weighted by Gasteiger charge is 2.36. The Labute approximate surface area is 89.6 Å². The molecule has 4 heteroatoms. The Balaban J connectivity index is 1.98. The number of rotatable bonds is 3. The summed E-state index contributed by atoms with van der Waals surface area (Å²) in [5.74, 6) is 1.16. The van der Waals surface area contributed by atoms with E-state index in [1.165, 1.54) is 19.3 Å². The number of carbonyl (C=O) groups excluding carboxylic acids is 1. The second-order valence-electron chi connectivity index (χ2n) is 3.92. The Morgan fingerprint density at radius 1 is 1.57 bits per heavy atom. The van der Waals surface area contributed by atoms with Crippen molar-refractivity contribution in [1.29, 1.82) is 0 Å². The van der Waals surface area contributed by atoms with Crippen molar-refractivity contribution in [3.05, 3.63) is 0 Å². The smallest absolute Gasteiger partial charge is 0.317 e. The second kappa shape index (κ2) is 4.43. The molecular weight excluding hydrogens is 196 g/mol. The van der Waals surface area contributed by atoms with Crippen LogP contribution in [0.3, 0.4) is 0 Å². The molecule has 14 heavy (non-hydrogen) atoms. The summed E-state index contributed by atoms with van der Waals surface area (Å²) in [4.78, 5) is 13.6. The zero-order valence-electron chi connectivity index (χ0n) is 8.66. The van der Waals surface area contributed by atoms with Gasteiger partial charge in [-0.3, -0.25) is 0 Å². The third-order valence-electron chi connectivity index (χ3n) is 3.09. The predicted molar refractivity (Wildman–Crippen MR) is 59.7 cm³/mol. The molecular formula is C10H18N2OS. The molecule has 1 aliphatic heterocycles. The molecule has 0 aromatic carbocycles. The molecule has 80 valence electrons. The maximum absolute atomic E-state index is 11.5. The summed E-state index contributed by atoms with van der Waals surface area (Å²) in [6.07, 6.45) is 3.77. The van der Waals surface area contributed by atoms with E-state index in [-0.39, 0.29) is 6.03 Å². The first-order chi connectivity index (χ1) is 6.83. The summed E-state index contributed by atoms with van der Waals surface area (Å²) in [6.45, 7) is 3.94. The molecule has 1 heterocycles. The van der Waals surface area contributed by atoms with Crippen molar-refractivity contribution in [1.82, 2.24) is 10.2 Å². The highest BCUT2D eigenvalue weighted by Crippen LogP contribution is 2.33. The molecule has 3 nitrogen and oxygen atoms in total. The molecule has 2 fully saturated rings. The lowest BCUT2D eigenvalue weighted by molar-refractivity contribution is 0.200. The average Bonchev–Trinajstić information content (AvgIpc) is 2.74. The van der Waals surface area contributed by atoms with Crippen LogP contribution in [0.4, 0.5) is 4.79 Å². The Morgan fingerprint density at radius 3 is 3.07 bits per heavy atom. The topological polar surface area (TPSA) is 32.3 Å². The standard InChI is InChI=1S/C10H18N2OS/c1-2-14-9-5-3-4-8(9)12-7-6-11-10(12)13/h8-9H,2-7H2,1H3,(H,11,13). The van der Waals surface area contributed by atoms with Gasteiger partial charge in [0.1, 0.15) is 0 Å². The summed E-state index contributed by atoms with van der Waals surface area (Å²) < 4.78 is 0. The van der Waals surface area contributed by atoms with Gasteiger partial charge in [0.2, 0.25) is 0 Å². The molecule has 0 bridgehead atoms. The van der Waals surface area contributed by atoms with Gasteiger partial charge in [-0.05, 0) is 18.6 Å². The highest BCUT2D eigenvalue weighted by molar-refractivity contribution is 7.99.